The van der Waals surface area contributed by atoms with Gasteiger partial charge >= 0.3 is 0 Å². The predicted molar refractivity (Wildman–Crippen MR) is 46.2 cm³/mol. The molecule has 1 heteroatoms. The van der Waals surface area contributed by atoms with Crippen molar-refractivity contribution in [2.45, 2.75) is 13.8 Å². The Morgan fingerprint density at radius 2 is 1.82 bits per heavy atom. The molecule has 0 saturated carbocycles. The molecule has 1 aliphatic rings. The highest BCUT2D eigenvalue weighted by Crippen LogP contribution is 2.17. The molecule has 0 aliphatic heterocycles. The van der Waals surface area contributed by atoms with E-state index in [1.807, 2.05) is 19.1 Å². The molecule has 0 unspecified atom stereocenters. The lowest BCUT2D eigenvalue weighted by Crippen LogP contribution is -1.94. The molecule has 0 radical (unpaired) electrons. The average Bonchev–Trinajstić information content (AvgIpc) is 2.35. The van der Waals surface area contributed by atoms with Crippen molar-refractivity contribution in [2.75, 3.05) is 0 Å². The van der Waals surface area contributed by atoms with E-state index in [9.17, 15) is 4.79 Å². The van der Waals surface area contributed by atoms with E-state index in [1.165, 1.54) is 0 Å². The van der Waals surface area contributed by atoms with Gasteiger partial charge < -0.3 is 0 Å². The van der Waals surface area contributed by atoms with Crippen LogP contribution < -0.4 is 0 Å². The third kappa shape index (κ3) is 2.19. The normalized spacial score (nSPS) is 17.8. The summed E-state index contributed by atoms with van der Waals surface area (Å²) in [6, 6.07) is 0. The molecular weight excluding hydrogens is 136 g/mol. The van der Waals surface area contributed by atoms with Gasteiger partial charge in [0.2, 0.25) is 0 Å². The molecule has 0 spiro atoms. The van der Waals surface area contributed by atoms with Crippen LogP contribution in [0.1, 0.15) is 13.8 Å². The van der Waals surface area contributed by atoms with Crippen molar-refractivity contribution < 1.29 is 4.79 Å². The number of rotatable bonds is 2. The zero-order chi connectivity index (χ0) is 8.27. The minimum Gasteiger partial charge on any atom is -0.295 e. The van der Waals surface area contributed by atoms with E-state index >= 15 is 0 Å². The quantitative estimate of drug-likeness (QED) is 0.549. The van der Waals surface area contributed by atoms with Crippen LogP contribution in [0.3, 0.4) is 0 Å². The lowest BCUT2D eigenvalue weighted by Gasteiger charge is -2.03. The monoisotopic (exact) mass is 148 g/mol. The lowest BCUT2D eigenvalue weighted by atomic mass is 10.0. The van der Waals surface area contributed by atoms with Crippen molar-refractivity contribution in [1.29, 1.82) is 0 Å². The molecule has 58 valence electrons. The van der Waals surface area contributed by atoms with Crippen molar-refractivity contribution >= 4 is 5.78 Å². The molecular formula is C10H12O. The summed E-state index contributed by atoms with van der Waals surface area (Å²) in [6.07, 6.45) is 9.85. The van der Waals surface area contributed by atoms with Gasteiger partial charge in [-0.1, -0.05) is 29.9 Å². The van der Waals surface area contributed by atoms with Crippen LogP contribution in [0.2, 0.25) is 0 Å². The van der Waals surface area contributed by atoms with Crippen LogP contribution >= 0.6 is 0 Å². The van der Waals surface area contributed by atoms with E-state index in [-0.39, 0.29) is 5.78 Å². The van der Waals surface area contributed by atoms with Gasteiger partial charge in [-0.2, -0.15) is 0 Å². The molecule has 0 aromatic carbocycles. The van der Waals surface area contributed by atoms with Crippen molar-refractivity contribution in [3.63, 3.8) is 0 Å². The van der Waals surface area contributed by atoms with Crippen molar-refractivity contribution in [3.8, 4) is 0 Å². The Bertz CT molecular complexity index is 232. The summed E-state index contributed by atoms with van der Waals surface area (Å²) in [4.78, 5) is 10.7. The smallest absolute Gasteiger partial charge is 0.152 e. The van der Waals surface area contributed by atoms with Gasteiger partial charge in [0.25, 0.3) is 0 Å². The molecule has 0 aromatic heterocycles. The minimum absolute atomic E-state index is 0.121. The number of hydrogen-bond acceptors (Lipinski definition) is 1. The molecule has 11 heavy (non-hydrogen) atoms. The molecule has 1 rings (SSSR count). The zero-order valence-electron chi connectivity index (χ0n) is 6.87. The Hall–Kier alpha value is -1.11. The number of carbonyl (C=O) groups is 1. The summed E-state index contributed by atoms with van der Waals surface area (Å²) < 4.78 is 0. The molecule has 0 heterocycles. The first-order valence-electron chi connectivity index (χ1n) is 3.74. The summed E-state index contributed by atoms with van der Waals surface area (Å²) in [5.41, 5.74) is 1.11. The molecule has 0 aromatic rings. The van der Waals surface area contributed by atoms with Crippen LogP contribution in [-0.2, 0) is 4.79 Å². The minimum atomic E-state index is 0.121. The van der Waals surface area contributed by atoms with Crippen molar-refractivity contribution in [2.24, 2.45) is 5.92 Å². The first-order valence-corrected chi connectivity index (χ1v) is 3.74. The highest BCUT2D eigenvalue weighted by atomic mass is 16.1. The second-order valence-corrected chi connectivity index (χ2v) is 2.79. The average molecular weight is 148 g/mol. The van der Waals surface area contributed by atoms with Gasteiger partial charge in [0, 0.05) is 5.92 Å². The van der Waals surface area contributed by atoms with Gasteiger partial charge in [0.05, 0.1) is 0 Å². The van der Waals surface area contributed by atoms with Gasteiger partial charge in [-0.25, -0.2) is 0 Å². The van der Waals surface area contributed by atoms with Gasteiger partial charge in [-0.3, -0.25) is 4.79 Å². The standard InChI is InChI=1S/C10H12O/c1-8(7-9(2)11)10-5-3-4-6-10/h3-7,10H,1-2H3. The fraction of sp³-hybridized carbons (Fsp3) is 0.300. The molecule has 0 fully saturated rings. The van der Waals surface area contributed by atoms with Crippen LogP contribution in [0.5, 0.6) is 0 Å². The Kier molecular flexibility index (Phi) is 2.42. The Balaban J connectivity index is 2.67. The van der Waals surface area contributed by atoms with E-state index in [2.05, 4.69) is 12.2 Å². The van der Waals surface area contributed by atoms with Crippen LogP contribution in [0, 0.1) is 5.92 Å². The maximum atomic E-state index is 10.7. The summed E-state index contributed by atoms with van der Waals surface area (Å²) in [7, 11) is 0. The predicted octanol–water partition coefficient (Wildman–Crippen LogP) is 2.26. The third-order valence-corrected chi connectivity index (χ3v) is 1.70. The third-order valence-electron chi connectivity index (χ3n) is 1.70. The van der Waals surface area contributed by atoms with Gasteiger partial charge in [-0.05, 0) is 19.9 Å². The highest BCUT2D eigenvalue weighted by molar-refractivity contribution is 5.88. The maximum Gasteiger partial charge on any atom is 0.152 e. The van der Waals surface area contributed by atoms with E-state index in [0.717, 1.165) is 5.57 Å². The van der Waals surface area contributed by atoms with E-state index in [1.54, 1.807) is 13.0 Å². The molecule has 0 bridgehead atoms. The lowest BCUT2D eigenvalue weighted by molar-refractivity contribution is -0.112. The van der Waals surface area contributed by atoms with Crippen molar-refractivity contribution in [3.05, 3.63) is 36.0 Å². The van der Waals surface area contributed by atoms with E-state index < -0.39 is 0 Å². The van der Waals surface area contributed by atoms with Gasteiger partial charge in [0.15, 0.2) is 5.78 Å². The first-order chi connectivity index (χ1) is 5.20. The summed E-state index contributed by atoms with van der Waals surface area (Å²) in [5, 5.41) is 0. The summed E-state index contributed by atoms with van der Waals surface area (Å²) in [5.74, 6) is 0.468. The number of ketones is 1. The molecule has 0 saturated heterocycles. The van der Waals surface area contributed by atoms with Crippen LogP contribution in [0.4, 0.5) is 0 Å². The summed E-state index contributed by atoms with van der Waals surface area (Å²) >= 11 is 0. The Morgan fingerprint density at radius 3 is 2.27 bits per heavy atom. The maximum absolute atomic E-state index is 10.7. The SMILES string of the molecule is CC(=O)C=C(C)C1C=CC=C1. The van der Waals surface area contributed by atoms with Gasteiger partial charge in [0.1, 0.15) is 0 Å². The fourth-order valence-electron chi connectivity index (χ4n) is 1.15. The first kappa shape index (κ1) is 7.99. The fourth-order valence-corrected chi connectivity index (χ4v) is 1.15. The topological polar surface area (TPSA) is 17.1 Å². The van der Waals surface area contributed by atoms with E-state index in [4.69, 9.17) is 0 Å². The Morgan fingerprint density at radius 1 is 1.27 bits per heavy atom. The number of allylic oxidation sites excluding steroid dienone is 6. The number of carbonyl (C=O) groups excluding carboxylic acids is 1. The Labute approximate surface area is 67.1 Å². The number of hydrogen-bond donors (Lipinski definition) is 0. The van der Waals surface area contributed by atoms with Gasteiger partial charge in [-0.15, -0.1) is 0 Å². The van der Waals surface area contributed by atoms with Crippen LogP contribution in [-0.4, -0.2) is 5.78 Å². The second kappa shape index (κ2) is 3.33. The molecule has 1 aliphatic carbocycles. The van der Waals surface area contributed by atoms with E-state index in [0.29, 0.717) is 5.92 Å². The molecule has 0 amide bonds. The van der Waals surface area contributed by atoms with Crippen LogP contribution in [0.25, 0.3) is 0 Å². The highest BCUT2D eigenvalue weighted by Gasteiger charge is 2.05. The largest absolute Gasteiger partial charge is 0.295 e. The van der Waals surface area contributed by atoms with Crippen molar-refractivity contribution in [1.82, 2.24) is 0 Å². The molecule has 1 nitrogen and oxygen atoms in total. The molecule has 0 atom stereocenters. The molecule has 0 N–H and O–H groups in total. The zero-order valence-corrected chi connectivity index (χ0v) is 6.87. The second-order valence-electron chi connectivity index (χ2n) is 2.79. The van der Waals surface area contributed by atoms with Crippen LogP contribution in [0.15, 0.2) is 36.0 Å². The summed E-state index contributed by atoms with van der Waals surface area (Å²) in [6.45, 7) is 3.55.